The van der Waals surface area contributed by atoms with Gasteiger partial charge in [0, 0.05) is 22.6 Å². The number of nitrogens with one attached hydrogen (secondary N) is 3. The van der Waals surface area contributed by atoms with Crippen molar-refractivity contribution in [3.8, 4) is 0 Å². The van der Waals surface area contributed by atoms with Crippen LogP contribution in [0, 0.1) is 0 Å². The molecule has 34 heavy (non-hydrogen) atoms. The van der Waals surface area contributed by atoms with E-state index in [-0.39, 0.29) is 27.5 Å². The lowest BCUT2D eigenvalue weighted by molar-refractivity contribution is -0.137. The lowest BCUT2D eigenvalue weighted by atomic mass is 10.2. The summed E-state index contributed by atoms with van der Waals surface area (Å²) in [6.45, 7) is 0. The van der Waals surface area contributed by atoms with Crippen LogP contribution in [0.3, 0.4) is 0 Å². The molecule has 0 heterocycles. The first-order valence-corrected chi connectivity index (χ1v) is 12.8. The monoisotopic (exact) mass is 513 g/mol. The average Bonchev–Trinajstić information content (AvgIpc) is 2.72. The largest absolute Gasteiger partial charge is 0.416 e. The lowest BCUT2D eigenvalue weighted by Crippen LogP contribution is -2.15. The minimum Gasteiger partial charge on any atom is -0.322 e. The molecule has 3 aromatic rings. The number of carbonyl (C=O) groups is 1. The summed E-state index contributed by atoms with van der Waals surface area (Å²) in [5.74, 6) is -0.574. The van der Waals surface area contributed by atoms with E-state index in [1.807, 2.05) is 0 Å². The van der Waals surface area contributed by atoms with Gasteiger partial charge < -0.3 is 5.32 Å². The van der Waals surface area contributed by atoms with E-state index < -0.39 is 37.7 Å². The lowest BCUT2D eigenvalue weighted by Gasteiger charge is -2.12. The van der Waals surface area contributed by atoms with E-state index in [1.54, 1.807) is 0 Å². The summed E-state index contributed by atoms with van der Waals surface area (Å²) in [5, 5.41) is 2.54. The quantitative estimate of drug-likeness (QED) is 0.439. The van der Waals surface area contributed by atoms with E-state index in [9.17, 15) is 34.8 Å². The molecule has 0 fully saturated rings. The summed E-state index contributed by atoms with van der Waals surface area (Å²) >= 11 is 0. The van der Waals surface area contributed by atoms with Crippen molar-refractivity contribution in [3.63, 3.8) is 0 Å². The van der Waals surface area contributed by atoms with Gasteiger partial charge in [0.2, 0.25) is 10.0 Å². The molecule has 3 rings (SSSR count). The molecule has 0 saturated heterocycles. The van der Waals surface area contributed by atoms with E-state index >= 15 is 0 Å². The molecule has 3 aromatic carbocycles. The van der Waals surface area contributed by atoms with Gasteiger partial charge in [-0.2, -0.15) is 13.2 Å². The Labute approximate surface area is 193 Å². The fraction of sp³-hybridized carbons (Fsp3) is 0.0952. The molecule has 0 aromatic heterocycles. The molecule has 0 atom stereocenters. The highest BCUT2D eigenvalue weighted by Gasteiger charge is 2.30. The first kappa shape index (κ1) is 25.1. The molecule has 0 radical (unpaired) electrons. The highest BCUT2D eigenvalue weighted by molar-refractivity contribution is 7.92. The highest BCUT2D eigenvalue weighted by Crippen LogP contribution is 2.31. The van der Waals surface area contributed by atoms with Crippen LogP contribution in [-0.4, -0.2) is 29.0 Å². The first-order chi connectivity index (χ1) is 15.7. The Balaban J connectivity index is 1.72. The fourth-order valence-electron chi connectivity index (χ4n) is 2.83. The number of halogens is 3. The molecule has 0 saturated carbocycles. The Morgan fingerprint density at radius 3 is 1.94 bits per heavy atom. The van der Waals surface area contributed by atoms with Crippen molar-refractivity contribution in [2.24, 2.45) is 0 Å². The Hall–Kier alpha value is -3.58. The molecule has 8 nitrogen and oxygen atoms in total. The zero-order valence-corrected chi connectivity index (χ0v) is 19.1. The molecule has 0 spiro atoms. The standard InChI is InChI=1S/C21H18F3N3O5S2/c1-33(29,30)26-17-6-2-4-14(12-17)20(28)25-16-8-10-19(11-9-16)34(31,32)27-18-7-3-5-15(13-18)21(22,23)24/h2-13,26-27H,1H3,(H,25,28). The summed E-state index contributed by atoms with van der Waals surface area (Å²) in [7, 11) is -7.72. The van der Waals surface area contributed by atoms with Crippen molar-refractivity contribution in [1.29, 1.82) is 0 Å². The summed E-state index contributed by atoms with van der Waals surface area (Å²) in [6, 6.07) is 14.5. The van der Waals surface area contributed by atoms with E-state index in [4.69, 9.17) is 0 Å². The normalized spacial score (nSPS) is 12.1. The van der Waals surface area contributed by atoms with Gasteiger partial charge in [-0.15, -0.1) is 0 Å². The molecule has 13 heteroatoms. The van der Waals surface area contributed by atoms with E-state index in [2.05, 4.69) is 14.8 Å². The number of benzene rings is 3. The summed E-state index contributed by atoms with van der Waals surface area (Å²) in [4.78, 5) is 12.2. The van der Waals surface area contributed by atoms with Crippen LogP contribution in [0.15, 0.2) is 77.7 Å². The Kier molecular flexibility index (Phi) is 6.89. The SMILES string of the molecule is CS(=O)(=O)Nc1cccc(C(=O)Nc2ccc(S(=O)(=O)Nc3cccc(C(F)(F)F)c3)cc2)c1. The third kappa shape index (κ3) is 6.71. The number of hydrogen-bond acceptors (Lipinski definition) is 5. The van der Waals surface area contributed by atoms with Gasteiger partial charge in [0.25, 0.3) is 15.9 Å². The third-order valence-corrected chi connectivity index (χ3v) is 6.30. The van der Waals surface area contributed by atoms with Crippen LogP contribution in [0.1, 0.15) is 15.9 Å². The number of alkyl halides is 3. The maximum absolute atomic E-state index is 12.8. The van der Waals surface area contributed by atoms with Gasteiger partial charge in [-0.25, -0.2) is 16.8 Å². The van der Waals surface area contributed by atoms with Gasteiger partial charge >= 0.3 is 6.18 Å². The number of rotatable bonds is 7. The van der Waals surface area contributed by atoms with Crippen LogP contribution in [0.25, 0.3) is 0 Å². The predicted molar refractivity (Wildman–Crippen MR) is 122 cm³/mol. The van der Waals surface area contributed by atoms with Gasteiger partial charge in [0.1, 0.15) is 0 Å². The summed E-state index contributed by atoms with van der Waals surface area (Å²) in [6.07, 6.45) is -3.65. The maximum Gasteiger partial charge on any atom is 0.416 e. The van der Waals surface area contributed by atoms with Crippen LogP contribution >= 0.6 is 0 Å². The number of carbonyl (C=O) groups excluding carboxylic acids is 1. The second-order valence-electron chi connectivity index (χ2n) is 7.12. The van der Waals surface area contributed by atoms with Crippen molar-refractivity contribution in [1.82, 2.24) is 0 Å². The number of anilines is 3. The molecule has 0 bridgehead atoms. The number of sulfonamides is 2. The third-order valence-electron chi connectivity index (χ3n) is 4.29. The molecule has 180 valence electrons. The van der Waals surface area contributed by atoms with Crippen molar-refractivity contribution in [2.75, 3.05) is 21.0 Å². The highest BCUT2D eigenvalue weighted by atomic mass is 32.2. The van der Waals surface area contributed by atoms with Crippen LogP contribution < -0.4 is 14.8 Å². The predicted octanol–water partition coefficient (Wildman–Crippen LogP) is 4.13. The Morgan fingerprint density at radius 1 is 0.765 bits per heavy atom. The molecular weight excluding hydrogens is 495 g/mol. The molecule has 3 N–H and O–H groups in total. The molecule has 0 unspecified atom stereocenters. The summed E-state index contributed by atoms with van der Waals surface area (Å²) in [5.41, 5.74) is -0.672. The fourth-order valence-corrected chi connectivity index (χ4v) is 4.44. The molecule has 1 amide bonds. The zero-order valence-electron chi connectivity index (χ0n) is 17.4. The van der Waals surface area contributed by atoms with Crippen LogP contribution in [0.4, 0.5) is 30.2 Å². The Morgan fingerprint density at radius 2 is 1.35 bits per heavy atom. The minimum atomic E-state index is -4.62. The van der Waals surface area contributed by atoms with Crippen molar-refractivity contribution < 1.29 is 34.8 Å². The molecular formula is C21H18F3N3O5S2. The number of amides is 1. The van der Waals surface area contributed by atoms with Crippen LogP contribution in [0.2, 0.25) is 0 Å². The van der Waals surface area contributed by atoms with Gasteiger partial charge in [0.05, 0.1) is 16.7 Å². The zero-order chi connectivity index (χ0) is 25.1. The van der Waals surface area contributed by atoms with Crippen molar-refractivity contribution in [3.05, 3.63) is 83.9 Å². The van der Waals surface area contributed by atoms with E-state index in [0.29, 0.717) is 6.07 Å². The van der Waals surface area contributed by atoms with E-state index in [0.717, 1.165) is 18.4 Å². The Bertz CT molecular complexity index is 1420. The summed E-state index contributed by atoms with van der Waals surface area (Å²) < 4.78 is 90.6. The first-order valence-electron chi connectivity index (χ1n) is 9.42. The van der Waals surface area contributed by atoms with Crippen LogP contribution in [0.5, 0.6) is 0 Å². The smallest absolute Gasteiger partial charge is 0.322 e. The van der Waals surface area contributed by atoms with E-state index in [1.165, 1.54) is 54.6 Å². The van der Waals surface area contributed by atoms with Crippen molar-refractivity contribution in [2.45, 2.75) is 11.1 Å². The van der Waals surface area contributed by atoms with Gasteiger partial charge in [-0.3, -0.25) is 14.2 Å². The van der Waals surface area contributed by atoms with Crippen LogP contribution in [-0.2, 0) is 26.2 Å². The average molecular weight is 514 g/mol. The minimum absolute atomic E-state index is 0.150. The van der Waals surface area contributed by atoms with Gasteiger partial charge in [-0.05, 0) is 60.7 Å². The van der Waals surface area contributed by atoms with Gasteiger partial charge in [0.15, 0.2) is 0 Å². The second kappa shape index (κ2) is 9.35. The molecule has 0 aliphatic rings. The molecule has 0 aliphatic heterocycles. The second-order valence-corrected chi connectivity index (χ2v) is 10.5. The topological polar surface area (TPSA) is 121 Å². The maximum atomic E-state index is 12.8. The van der Waals surface area contributed by atoms with Crippen molar-refractivity contribution >= 4 is 43.0 Å². The van der Waals surface area contributed by atoms with Gasteiger partial charge in [-0.1, -0.05) is 12.1 Å². The number of hydrogen-bond donors (Lipinski definition) is 3. The molecule has 0 aliphatic carbocycles.